The van der Waals surface area contributed by atoms with Gasteiger partial charge in [0.2, 0.25) is 5.91 Å². The summed E-state index contributed by atoms with van der Waals surface area (Å²) in [6.07, 6.45) is 3.91. The van der Waals surface area contributed by atoms with Gasteiger partial charge in [-0.15, -0.1) is 24.8 Å². The monoisotopic (exact) mass is 376 g/mol. The van der Waals surface area contributed by atoms with Gasteiger partial charge in [0.15, 0.2) is 0 Å². The van der Waals surface area contributed by atoms with Gasteiger partial charge in [0, 0.05) is 32.4 Å². The van der Waals surface area contributed by atoms with Gasteiger partial charge in [-0.2, -0.15) is 0 Å². The zero-order chi connectivity index (χ0) is 15.2. The lowest BCUT2D eigenvalue weighted by Gasteiger charge is -2.27. The van der Waals surface area contributed by atoms with Gasteiger partial charge >= 0.3 is 0 Å². The highest BCUT2D eigenvalue weighted by molar-refractivity contribution is 5.85. The molecule has 3 heterocycles. The number of aromatic nitrogens is 1. The van der Waals surface area contributed by atoms with Crippen molar-refractivity contribution < 1.29 is 9.53 Å². The van der Waals surface area contributed by atoms with E-state index in [1.54, 1.807) is 0 Å². The fraction of sp³-hybridized carbons (Fsp3) is 0.625. The molecule has 0 aromatic carbocycles. The maximum atomic E-state index is 12.1. The third-order valence-electron chi connectivity index (χ3n) is 4.28. The molecule has 6 nitrogen and oxygen atoms in total. The summed E-state index contributed by atoms with van der Waals surface area (Å²) in [6.45, 7) is 5.65. The van der Waals surface area contributed by atoms with Gasteiger partial charge in [0.1, 0.15) is 5.82 Å². The van der Waals surface area contributed by atoms with Gasteiger partial charge in [0.05, 0.1) is 19.1 Å². The number of hydrogen-bond donors (Lipinski definition) is 2. The number of carbonyl (C=O) groups is 1. The predicted molar refractivity (Wildman–Crippen MR) is 99.2 cm³/mol. The van der Waals surface area contributed by atoms with E-state index in [1.807, 2.05) is 18.3 Å². The first-order valence-corrected chi connectivity index (χ1v) is 8.09. The summed E-state index contributed by atoms with van der Waals surface area (Å²) in [7, 11) is 0. The Kier molecular flexibility index (Phi) is 9.36. The molecule has 8 heteroatoms. The molecule has 2 fully saturated rings. The summed E-state index contributed by atoms with van der Waals surface area (Å²) >= 11 is 0. The maximum absolute atomic E-state index is 12.1. The topological polar surface area (TPSA) is 66.5 Å². The molecule has 1 unspecified atom stereocenters. The Hall–Kier alpha value is -1.08. The largest absolute Gasteiger partial charge is 0.378 e. The van der Waals surface area contributed by atoms with Gasteiger partial charge < -0.3 is 20.3 Å². The summed E-state index contributed by atoms with van der Waals surface area (Å²) in [5.74, 6) is 1.23. The summed E-state index contributed by atoms with van der Waals surface area (Å²) < 4.78 is 5.35. The fourth-order valence-corrected chi connectivity index (χ4v) is 2.91. The van der Waals surface area contributed by atoms with Crippen LogP contribution >= 0.6 is 24.8 Å². The smallest absolute Gasteiger partial charge is 0.224 e. The summed E-state index contributed by atoms with van der Waals surface area (Å²) in [5.41, 5.74) is 1.04. The molecular weight excluding hydrogens is 351 g/mol. The fourth-order valence-electron chi connectivity index (χ4n) is 2.91. The van der Waals surface area contributed by atoms with E-state index in [2.05, 4.69) is 20.5 Å². The lowest BCUT2D eigenvalue weighted by atomic mass is 9.99. The van der Waals surface area contributed by atoms with Crippen LogP contribution in [-0.2, 0) is 16.1 Å². The Labute approximate surface area is 155 Å². The molecule has 0 saturated carbocycles. The lowest BCUT2D eigenvalue weighted by molar-refractivity contribution is -0.125. The van der Waals surface area contributed by atoms with Crippen molar-refractivity contribution in [1.29, 1.82) is 0 Å². The number of pyridine rings is 1. The van der Waals surface area contributed by atoms with Crippen LogP contribution in [0.15, 0.2) is 18.3 Å². The molecule has 1 aromatic heterocycles. The molecule has 1 amide bonds. The molecule has 24 heavy (non-hydrogen) atoms. The Morgan fingerprint density at radius 2 is 2.12 bits per heavy atom. The molecular formula is C16H26Cl2N4O2. The molecule has 1 aromatic rings. The van der Waals surface area contributed by atoms with Gasteiger partial charge in [-0.1, -0.05) is 6.07 Å². The molecule has 0 bridgehead atoms. The van der Waals surface area contributed by atoms with E-state index in [0.717, 1.165) is 63.6 Å². The number of nitrogens with one attached hydrogen (secondary N) is 2. The molecule has 2 saturated heterocycles. The SMILES string of the molecule is Cl.Cl.O=C(NCc1ccc(N2CCOCC2)nc1)C1CCCNC1. The molecule has 0 radical (unpaired) electrons. The number of piperidine rings is 1. The van der Waals surface area contributed by atoms with E-state index in [9.17, 15) is 4.79 Å². The number of amides is 1. The number of rotatable bonds is 4. The Bertz CT molecular complexity index is 489. The highest BCUT2D eigenvalue weighted by atomic mass is 35.5. The minimum atomic E-state index is 0. The van der Waals surface area contributed by atoms with E-state index in [-0.39, 0.29) is 36.6 Å². The third-order valence-corrected chi connectivity index (χ3v) is 4.28. The van der Waals surface area contributed by atoms with Crippen molar-refractivity contribution in [3.05, 3.63) is 23.9 Å². The van der Waals surface area contributed by atoms with Crippen LogP contribution in [0, 0.1) is 5.92 Å². The number of anilines is 1. The average molecular weight is 377 g/mol. The van der Waals surface area contributed by atoms with Crippen molar-refractivity contribution in [1.82, 2.24) is 15.6 Å². The van der Waals surface area contributed by atoms with E-state index < -0.39 is 0 Å². The number of carbonyl (C=O) groups excluding carboxylic acids is 1. The zero-order valence-corrected chi connectivity index (χ0v) is 15.3. The first-order valence-electron chi connectivity index (χ1n) is 8.09. The summed E-state index contributed by atoms with van der Waals surface area (Å²) in [4.78, 5) is 18.8. The average Bonchev–Trinajstić information content (AvgIpc) is 2.61. The van der Waals surface area contributed by atoms with Crippen LogP contribution in [0.2, 0.25) is 0 Å². The van der Waals surface area contributed by atoms with E-state index in [4.69, 9.17) is 4.74 Å². The quantitative estimate of drug-likeness (QED) is 0.830. The molecule has 1 atom stereocenters. The second kappa shape index (κ2) is 10.7. The number of hydrogen-bond acceptors (Lipinski definition) is 5. The van der Waals surface area contributed by atoms with Crippen LogP contribution in [-0.4, -0.2) is 50.3 Å². The van der Waals surface area contributed by atoms with Crippen molar-refractivity contribution in [3.63, 3.8) is 0 Å². The summed E-state index contributed by atoms with van der Waals surface area (Å²) in [5, 5.41) is 6.28. The highest BCUT2D eigenvalue weighted by Gasteiger charge is 2.20. The second-order valence-electron chi connectivity index (χ2n) is 5.89. The first kappa shape index (κ1) is 21.0. The molecule has 2 aliphatic rings. The lowest BCUT2D eigenvalue weighted by Crippen LogP contribution is -2.40. The Morgan fingerprint density at radius 1 is 1.33 bits per heavy atom. The molecule has 0 aliphatic carbocycles. The Balaban J connectivity index is 0.00000144. The van der Waals surface area contributed by atoms with Crippen molar-refractivity contribution in [3.8, 4) is 0 Å². The molecule has 2 N–H and O–H groups in total. The van der Waals surface area contributed by atoms with Gasteiger partial charge in [-0.3, -0.25) is 4.79 Å². The summed E-state index contributed by atoms with van der Waals surface area (Å²) in [6, 6.07) is 4.06. The minimum absolute atomic E-state index is 0. The van der Waals surface area contributed by atoms with Crippen LogP contribution in [0.5, 0.6) is 0 Å². The van der Waals surface area contributed by atoms with Crippen LogP contribution in [0.25, 0.3) is 0 Å². The highest BCUT2D eigenvalue weighted by Crippen LogP contribution is 2.14. The molecule has 3 rings (SSSR count). The van der Waals surface area contributed by atoms with Gasteiger partial charge in [0.25, 0.3) is 0 Å². The van der Waals surface area contributed by atoms with Crippen molar-refractivity contribution >= 4 is 36.5 Å². The number of nitrogens with zero attached hydrogens (tertiary/aromatic N) is 2. The van der Waals surface area contributed by atoms with Crippen molar-refractivity contribution in [2.75, 3.05) is 44.3 Å². The first-order chi connectivity index (χ1) is 10.8. The number of ether oxygens (including phenoxy) is 1. The standard InChI is InChI=1S/C16H24N4O2.2ClH/c21-16(14-2-1-5-17-12-14)19-11-13-3-4-15(18-10-13)20-6-8-22-9-7-20;;/h3-4,10,14,17H,1-2,5-9,11-12H2,(H,19,21);2*1H. The van der Waals surface area contributed by atoms with E-state index in [1.165, 1.54) is 0 Å². The van der Waals surface area contributed by atoms with Gasteiger partial charge in [-0.05, 0) is 31.0 Å². The van der Waals surface area contributed by atoms with Crippen molar-refractivity contribution in [2.24, 2.45) is 5.92 Å². The van der Waals surface area contributed by atoms with E-state index >= 15 is 0 Å². The third kappa shape index (κ3) is 5.77. The minimum Gasteiger partial charge on any atom is -0.378 e. The second-order valence-corrected chi connectivity index (χ2v) is 5.89. The van der Waals surface area contributed by atoms with Gasteiger partial charge in [-0.25, -0.2) is 4.98 Å². The number of halogens is 2. The molecule has 136 valence electrons. The van der Waals surface area contributed by atoms with Crippen LogP contribution < -0.4 is 15.5 Å². The zero-order valence-electron chi connectivity index (χ0n) is 13.7. The number of morpholine rings is 1. The van der Waals surface area contributed by atoms with E-state index in [0.29, 0.717) is 6.54 Å². The normalized spacial score (nSPS) is 20.5. The molecule has 2 aliphatic heterocycles. The predicted octanol–water partition coefficient (Wildman–Crippen LogP) is 1.38. The Morgan fingerprint density at radius 3 is 2.75 bits per heavy atom. The molecule has 0 spiro atoms. The van der Waals surface area contributed by atoms with Crippen LogP contribution in [0.4, 0.5) is 5.82 Å². The maximum Gasteiger partial charge on any atom is 0.224 e. The van der Waals surface area contributed by atoms with Crippen LogP contribution in [0.1, 0.15) is 18.4 Å². The van der Waals surface area contributed by atoms with Crippen LogP contribution in [0.3, 0.4) is 0 Å². The van der Waals surface area contributed by atoms with Crippen molar-refractivity contribution in [2.45, 2.75) is 19.4 Å².